The molecular weight excluding hydrogens is 275 g/mol. The lowest BCUT2D eigenvalue weighted by atomic mass is 9.79. The lowest BCUT2D eigenvalue weighted by Gasteiger charge is -2.18. The lowest BCUT2D eigenvalue weighted by Crippen LogP contribution is -2.34. The van der Waals surface area contributed by atoms with E-state index in [4.69, 9.17) is 0 Å². The summed E-state index contributed by atoms with van der Waals surface area (Å²) in [7, 11) is 0. The van der Waals surface area contributed by atoms with Gasteiger partial charge in [-0.2, -0.15) is 0 Å². The van der Waals surface area contributed by atoms with E-state index in [1.807, 2.05) is 0 Å². The summed E-state index contributed by atoms with van der Waals surface area (Å²) in [5.41, 5.74) is -2.87. The van der Waals surface area contributed by atoms with Gasteiger partial charge in [0.05, 0.1) is 5.56 Å². The maximum atomic E-state index is 12.4. The molecule has 1 nitrogen and oxygen atoms in total. The van der Waals surface area contributed by atoms with Crippen LogP contribution in [0.2, 0.25) is 0 Å². The Morgan fingerprint density at radius 3 is 2.00 bits per heavy atom. The predicted octanol–water partition coefficient (Wildman–Crippen LogP) is 3.58. The van der Waals surface area contributed by atoms with Crippen LogP contribution in [-0.2, 0) is 0 Å². The van der Waals surface area contributed by atoms with E-state index in [2.05, 4.69) is 4.74 Å². The van der Waals surface area contributed by atoms with Crippen LogP contribution >= 0.6 is 0 Å². The fourth-order valence-electron chi connectivity index (χ4n) is 1.16. The molecule has 0 N–H and O–H groups in total. The topological polar surface area (TPSA) is 9.23 Å². The van der Waals surface area contributed by atoms with Crippen LogP contribution in [0.1, 0.15) is 12.0 Å². The number of halogens is 8. The third kappa shape index (κ3) is 3.78. The summed E-state index contributed by atoms with van der Waals surface area (Å²) in [6, 6.07) is 0.429. The Kier molecular flexibility index (Phi) is 3.77. The molecule has 0 atom stereocenters. The molecule has 10 heteroatoms. The zero-order valence-electron chi connectivity index (χ0n) is 8.32. The first-order valence-electron chi connectivity index (χ1n) is 4.38. The molecule has 0 unspecified atom stereocenters. The van der Waals surface area contributed by atoms with Gasteiger partial charge in [-0.15, -0.1) is 18.6 Å². The Bertz CT molecular complexity index is 424. The Morgan fingerprint density at radius 1 is 1.06 bits per heavy atom. The summed E-state index contributed by atoms with van der Waals surface area (Å²) in [5.74, 6) is -1.35. The number of hydrogen-bond acceptors (Lipinski definition) is 1. The Hall–Kier alpha value is -1.48. The van der Waals surface area contributed by atoms with Crippen LogP contribution in [-0.4, -0.2) is 13.3 Å². The molecule has 0 amide bonds. The number of alkyl halides is 5. The molecule has 0 saturated heterocycles. The maximum Gasteiger partial charge on any atom is 0.573 e. The van der Waals surface area contributed by atoms with Crippen LogP contribution < -0.4 is 10.2 Å². The van der Waals surface area contributed by atoms with Gasteiger partial charge in [-0.1, -0.05) is 12.1 Å². The van der Waals surface area contributed by atoms with Crippen LogP contribution in [0.5, 0.6) is 5.75 Å². The molecular formula is C8H4BF8O-. The smallest absolute Gasteiger partial charge is 0.445 e. The van der Waals surface area contributed by atoms with Gasteiger partial charge in [-0.25, -0.2) is 8.78 Å². The van der Waals surface area contributed by atoms with E-state index in [1.165, 1.54) is 0 Å². The second-order valence-corrected chi connectivity index (χ2v) is 3.22. The minimum Gasteiger partial charge on any atom is -0.445 e. The second kappa shape index (κ2) is 4.66. The SMILES string of the molecule is FC(F)c1cc([B-](F)(F)F)ccc1OC(F)(F)F. The van der Waals surface area contributed by atoms with Crippen LogP contribution in [0.25, 0.3) is 0 Å². The van der Waals surface area contributed by atoms with Crippen LogP contribution in [0.15, 0.2) is 18.2 Å². The van der Waals surface area contributed by atoms with Gasteiger partial charge in [-0.3, -0.25) is 0 Å². The van der Waals surface area contributed by atoms with Gasteiger partial charge >= 0.3 is 13.3 Å². The largest absolute Gasteiger partial charge is 0.573 e. The zero-order valence-corrected chi connectivity index (χ0v) is 8.32. The highest BCUT2D eigenvalue weighted by Crippen LogP contribution is 2.32. The van der Waals surface area contributed by atoms with E-state index in [1.54, 1.807) is 0 Å². The summed E-state index contributed by atoms with van der Waals surface area (Å²) < 4.78 is 100. The molecule has 0 aliphatic rings. The Balaban J connectivity index is 3.21. The van der Waals surface area contributed by atoms with E-state index in [0.29, 0.717) is 0 Å². The van der Waals surface area contributed by atoms with Crippen molar-refractivity contribution in [3.05, 3.63) is 23.8 Å². The monoisotopic (exact) mass is 279 g/mol. The lowest BCUT2D eigenvalue weighted by molar-refractivity contribution is -0.275. The normalized spacial score (nSPS) is 12.9. The van der Waals surface area contributed by atoms with Gasteiger partial charge in [0, 0.05) is 0 Å². The fraction of sp³-hybridized carbons (Fsp3) is 0.250. The fourth-order valence-corrected chi connectivity index (χ4v) is 1.16. The van der Waals surface area contributed by atoms with Crippen molar-refractivity contribution in [3.8, 4) is 5.75 Å². The van der Waals surface area contributed by atoms with E-state index in [0.717, 1.165) is 0 Å². The van der Waals surface area contributed by atoms with Crippen molar-refractivity contribution in [2.75, 3.05) is 0 Å². The van der Waals surface area contributed by atoms with Gasteiger partial charge in [0.15, 0.2) is 0 Å². The van der Waals surface area contributed by atoms with Crippen molar-refractivity contribution in [1.82, 2.24) is 0 Å². The minimum absolute atomic E-state index is 0.0499. The van der Waals surface area contributed by atoms with Crippen LogP contribution in [0.3, 0.4) is 0 Å². The van der Waals surface area contributed by atoms with Crippen molar-refractivity contribution in [2.24, 2.45) is 0 Å². The number of hydrogen-bond donors (Lipinski definition) is 0. The molecule has 1 aromatic carbocycles. The summed E-state index contributed by atoms with van der Waals surface area (Å²) in [4.78, 5) is 0. The molecule has 18 heavy (non-hydrogen) atoms. The number of benzene rings is 1. The van der Waals surface area contributed by atoms with E-state index >= 15 is 0 Å². The molecule has 0 aromatic heterocycles. The molecule has 0 fully saturated rings. The standard InChI is InChI=1S/C8H4BF8O/c10-7(11)5-3-4(9(15,16)17)1-2-6(5)18-8(12,13)14/h1-3,7H/q-1. The molecule has 0 spiro atoms. The predicted molar refractivity (Wildman–Crippen MR) is 46.8 cm³/mol. The molecule has 0 aliphatic heterocycles. The van der Waals surface area contributed by atoms with Gasteiger partial charge < -0.3 is 17.7 Å². The van der Waals surface area contributed by atoms with Crippen LogP contribution in [0, 0.1) is 0 Å². The van der Waals surface area contributed by atoms with Crippen molar-refractivity contribution < 1.29 is 39.6 Å². The molecule has 0 heterocycles. The first-order valence-corrected chi connectivity index (χ1v) is 4.38. The molecule has 0 radical (unpaired) electrons. The molecule has 1 aromatic rings. The highest BCUT2D eigenvalue weighted by atomic mass is 19.4. The minimum atomic E-state index is -5.57. The summed E-state index contributed by atoms with van der Waals surface area (Å²) in [5, 5.41) is 0. The van der Waals surface area contributed by atoms with Gasteiger partial charge in [-0.05, 0) is 6.07 Å². The summed E-state index contributed by atoms with van der Waals surface area (Å²) in [6.45, 7) is -5.57. The molecule has 0 bridgehead atoms. The first kappa shape index (κ1) is 14.6. The molecule has 1 rings (SSSR count). The average Bonchev–Trinajstić information content (AvgIpc) is 2.13. The third-order valence-electron chi connectivity index (χ3n) is 1.87. The van der Waals surface area contributed by atoms with Crippen molar-refractivity contribution >= 4 is 12.4 Å². The van der Waals surface area contributed by atoms with E-state index in [9.17, 15) is 34.9 Å². The Morgan fingerprint density at radius 2 is 1.61 bits per heavy atom. The maximum absolute atomic E-state index is 12.4. The third-order valence-corrected chi connectivity index (χ3v) is 1.87. The number of rotatable bonds is 3. The van der Waals surface area contributed by atoms with Gasteiger partial charge in [0.2, 0.25) is 0 Å². The van der Waals surface area contributed by atoms with Crippen molar-refractivity contribution in [1.29, 1.82) is 0 Å². The first-order chi connectivity index (χ1) is 8.00. The zero-order chi connectivity index (χ0) is 14.1. The van der Waals surface area contributed by atoms with Crippen molar-refractivity contribution in [3.63, 3.8) is 0 Å². The highest BCUT2D eigenvalue weighted by Gasteiger charge is 2.34. The average molecular weight is 279 g/mol. The summed E-state index contributed by atoms with van der Waals surface area (Å²) >= 11 is 0. The molecule has 0 saturated carbocycles. The quantitative estimate of drug-likeness (QED) is 0.607. The van der Waals surface area contributed by atoms with E-state index in [-0.39, 0.29) is 18.2 Å². The number of ether oxygens (including phenoxy) is 1. The molecule has 102 valence electrons. The highest BCUT2D eigenvalue weighted by molar-refractivity contribution is 6.73. The van der Waals surface area contributed by atoms with Gasteiger partial charge in [0.25, 0.3) is 6.43 Å². The molecule has 0 aliphatic carbocycles. The van der Waals surface area contributed by atoms with E-state index < -0.39 is 36.5 Å². The second-order valence-electron chi connectivity index (χ2n) is 3.22. The van der Waals surface area contributed by atoms with Crippen LogP contribution in [0.4, 0.5) is 34.9 Å². The summed E-state index contributed by atoms with van der Waals surface area (Å²) in [6.07, 6.45) is -8.77. The van der Waals surface area contributed by atoms with Crippen molar-refractivity contribution in [2.45, 2.75) is 12.8 Å². The van der Waals surface area contributed by atoms with Gasteiger partial charge in [0.1, 0.15) is 5.75 Å². The Labute approximate surface area is 95.4 Å².